The van der Waals surface area contributed by atoms with Gasteiger partial charge in [0.1, 0.15) is 5.82 Å². The molecule has 0 atom stereocenters. The summed E-state index contributed by atoms with van der Waals surface area (Å²) >= 11 is 5.54. The molecule has 0 bridgehead atoms. The normalized spacial score (nSPS) is 17.3. The third-order valence-corrected chi connectivity index (χ3v) is 3.64. The molecular weight excluding hydrogens is 310 g/mol. The van der Waals surface area contributed by atoms with E-state index in [1.54, 1.807) is 4.90 Å². The molecule has 7 heteroatoms. The van der Waals surface area contributed by atoms with Crippen LogP contribution in [0, 0.1) is 5.82 Å². The summed E-state index contributed by atoms with van der Waals surface area (Å²) in [4.78, 5) is 1.75. The second kappa shape index (κ2) is 6.83. The Hall–Kier alpha value is -1.01. The lowest BCUT2D eigenvalue weighted by molar-refractivity contribution is -0.137. The highest BCUT2D eigenvalue weighted by molar-refractivity contribution is 6.17. The number of nitrogens with zero attached hydrogens (tertiary/aromatic N) is 1. The number of anilines is 1. The van der Waals surface area contributed by atoms with Crippen LogP contribution >= 0.6 is 11.6 Å². The highest BCUT2D eigenvalue weighted by Gasteiger charge is 2.32. The largest absolute Gasteiger partial charge is 0.416 e. The van der Waals surface area contributed by atoms with E-state index in [1.165, 1.54) is 6.07 Å². The molecular formula is C14H16ClF4NO. The van der Waals surface area contributed by atoms with Crippen LogP contribution in [0.5, 0.6) is 0 Å². The van der Waals surface area contributed by atoms with Gasteiger partial charge in [-0.3, -0.25) is 0 Å². The zero-order chi connectivity index (χ0) is 15.5. The van der Waals surface area contributed by atoms with E-state index < -0.39 is 17.6 Å². The minimum absolute atomic E-state index is 0.0810. The van der Waals surface area contributed by atoms with Gasteiger partial charge in [-0.25, -0.2) is 4.39 Å². The second-order valence-corrected chi connectivity index (χ2v) is 5.29. The Morgan fingerprint density at radius 1 is 1.24 bits per heavy atom. The number of ether oxygens (including phenoxy) is 1. The number of alkyl halides is 4. The van der Waals surface area contributed by atoms with E-state index in [-0.39, 0.29) is 11.8 Å². The van der Waals surface area contributed by atoms with Gasteiger partial charge in [-0.15, -0.1) is 11.6 Å². The molecule has 1 aromatic rings. The maximum atomic E-state index is 13.9. The topological polar surface area (TPSA) is 12.5 Å². The summed E-state index contributed by atoms with van der Waals surface area (Å²) in [5.41, 5.74) is -0.761. The van der Waals surface area contributed by atoms with Gasteiger partial charge < -0.3 is 9.64 Å². The van der Waals surface area contributed by atoms with Gasteiger partial charge >= 0.3 is 6.18 Å². The lowest BCUT2D eigenvalue weighted by Crippen LogP contribution is -2.37. The van der Waals surface area contributed by atoms with E-state index in [0.717, 1.165) is 6.07 Å². The van der Waals surface area contributed by atoms with Crippen LogP contribution in [-0.4, -0.2) is 31.7 Å². The lowest BCUT2D eigenvalue weighted by atomic mass is 10.1. The molecule has 2 nitrogen and oxygen atoms in total. The zero-order valence-electron chi connectivity index (χ0n) is 11.3. The number of halogens is 5. The highest BCUT2D eigenvalue weighted by Crippen LogP contribution is 2.33. The van der Waals surface area contributed by atoms with Crippen LogP contribution in [0.1, 0.15) is 18.4 Å². The molecule has 0 amide bonds. The van der Waals surface area contributed by atoms with Gasteiger partial charge in [-0.05, 0) is 31.0 Å². The van der Waals surface area contributed by atoms with E-state index in [4.69, 9.17) is 16.3 Å². The average molecular weight is 326 g/mol. The van der Waals surface area contributed by atoms with Crippen LogP contribution in [0.25, 0.3) is 0 Å². The minimum Gasteiger partial charge on any atom is -0.377 e. The fraction of sp³-hybridized carbons (Fsp3) is 0.571. The molecule has 0 N–H and O–H groups in total. The number of hydrogen-bond donors (Lipinski definition) is 0. The Balaban J connectivity index is 2.00. The predicted octanol–water partition coefficient (Wildman–Crippen LogP) is 4.07. The van der Waals surface area contributed by atoms with Gasteiger partial charge in [0.2, 0.25) is 0 Å². The first-order valence-electron chi connectivity index (χ1n) is 6.71. The Morgan fingerprint density at radius 3 is 2.43 bits per heavy atom. The van der Waals surface area contributed by atoms with Crippen LogP contribution in [0.2, 0.25) is 0 Å². The summed E-state index contributed by atoms with van der Waals surface area (Å²) in [5.74, 6) is -0.418. The van der Waals surface area contributed by atoms with E-state index in [2.05, 4.69) is 0 Å². The first kappa shape index (κ1) is 16.4. The lowest BCUT2D eigenvalue weighted by Gasteiger charge is -2.33. The van der Waals surface area contributed by atoms with Crippen LogP contribution in [-0.2, 0) is 10.9 Å². The number of piperidine rings is 1. The maximum absolute atomic E-state index is 13.9. The number of rotatable bonds is 4. The third kappa shape index (κ3) is 4.23. The Bertz CT molecular complexity index is 473. The quantitative estimate of drug-likeness (QED) is 0.611. The van der Waals surface area contributed by atoms with Crippen LogP contribution in [0.3, 0.4) is 0 Å². The molecule has 1 aliphatic heterocycles. The first-order valence-corrected chi connectivity index (χ1v) is 7.24. The summed E-state index contributed by atoms with van der Waals surface area (Å²) in [6.45, 7) is 1.57. The molecule has 1 aliphatic rings. The first-order chi connectivity index (χ1) is 9.91. The fourth-order valence-corrected chi connectivity index (χ4v) is 2.50. The Morgan fingerprint density at radius 2 is 1.90 bits per heavy atom. The van der Waals surface area contributed by atoms with Crippen molar-refractivity contribution in [2.45, 2.75) is 25.1 Å². The van der Waals surface area contributed by atoms with Crippen molar-refractivity contribution >= 4 is 17.3 Å². The SMILES string of the molecule is Fc1cc(C(F)(F)F)ccc1N1CCC(OCCCl)CC1. The molecule has 1 saturated heterocycles. The van der Waals surface area contributed by atoms with Gasteiger partial charge in [-0.2, -0.15) is 13.2 Å². The van der Waals surface area contributed by atoms with Crippen molar-refractivity contribution in [1.82, 2.24) is 0 Å². The molecule has 0 radical (unpaired) electrons. The molecule has 1 heterocycles. The van der Waals surface area contributed by atoms with E-state index >= 15 is 0 Å². The second-order valence-electron chi connectivity index (χ2n) is 4.91. The molecule has 0 aliphatic carbocycles. The molecule has 0 saturated carbocycles. The van der Waals surface area contributed by atoms with Crippen molar-refractivity contribution in [2.75, 3.05) is 30.5 Å². The smallest absolute Gasteiger partial charge is 0.377 e. The van der Waals surface area contributed by atoms with Gasteiger partial charge in [-0.1, -0.05) is 0 Å². The summed E-state index contributed by atoms with van der Waals surface area (Å²) < 4.78 is 56.9. The van der Waals surface area contributed by atoms with E-state index in [0.29, 0.717) is 44.5 Å². The van der Waals surface area contributed by atoms with Crippen molar-refractivity contribution in [1.29, 1.82) is 0 Å². The number of hydrogen-bond acceptors (Lipinski definition) is 2. The van der Waals surface area contributed by atoms with Crippen molar-refractivity contribution in [3.63, 3.8) is 0 Å². The molecule has 21 heavy (non-hydrogen) atoms. The monoisotopic (exact) mass is 325 g/mol. The van der Waals surface area contributed by atoms with Crippen LogP contribution < -0.4 is 4.90 Å². The van der Waals surface area contributed by atoms with Gasteiger partial charge in [0, 0.05) is 19.0 Å². The predicted molar refractivity (Wildman–Crippen MR) is 73.3 cm³/mol. The molecule has 0 spiro atoms. The van der Waals surface area contributed by atoms with Crippen LogP contribution in [0.15, 0.2) is 18.2 Å². The van der Waals surface area contributed by atoms with E-state index in [1.807, 2.05) is 0 Å². The average Bonchev–Trinajstić information content (AvgIpc) is 2.45. The summed E-state index contributed by atoms with van der Waals surface area (Å²) in [6, 6.07) is 2.65. The van der Waals surface area contributed by atoms with Crippen molar-refractivity contribution < 1.29 is 22.3 Å². The molecule has 0 unspecified atom stereocenters. The van der Waals surface area contributed by atoms with Gasteiger partial charge in [0.05, 0.1) is 24.0 Å². The van der Waals surface area contributed by atoms with Crippen molar-refractivity contribution in [3.05, 3.63) is 29.6 Å². The standard InChI is InChI=1S/C14H16ClF4NO/c15-5-8-21-11-3-6-20(7-4-11)13-2-1-10(9-12(13)16)14(17,18)19/h1-2,9,11H,3-8H2. The number of benzene rings is 1. The zero-order valence-corrected chi connectivity index (χ0v) is 12.1. The highest BCUT2D eigenvalue weighted by atomic mass is 35.5. The van der Waals surface area contributed by atoms with Gasteiger partial charge in [0.15, 0.2) is 0 Å². The molecule has 1 aromatic carbocycles. The Kier molecular flexibility index (Phi) is 5.32. The third-order valence-electron chi connectivity index (χ3n) is 3.49. The van der Waals surface area contributed by atoms with Crippen molar-refractivity contribution in [3.8, 4) is 0 Å². The molecule has 0 aromatic heterocycles. The van der Waals surface area contributed by atoms with Gasteiger partial charge in [0.25, 0.3) is 0 Å². The maximum Gasteiger partial charge on any atom is 0.416 e. The summed E-state index contributed by atoms with van der Waals surface area (Å²) in [7, 11) is 0. The van der Waals surface area contributed by atoms with Crippen LogP contribution in [0.4, 0.5) is 23.2 Å². The minimum atomic E-state index is -4.53. The molecule has 118 valence electrons. The molecule has 1 fully saturated rings. The summed E-state index contributed by atoms with van der Waals surface area (Å²) in [6.07, 6.45) is -3.03. The van der Waals surface area contributed by atoms with E-state index in [9.17, 15) is 17.6 Å². The Labute approximate surface area is 125 Å². The fourth-order valence-electron chi connectivity index (χ4n) is 2.41. The van der Waals surface area contributed by atoms with Crippen molar-refractivity contribution in [2.24, 2.45) is 0 Å². The summed E-state index contributed by atoms with van der Waals surface area (Å²) in [5, 5.41) is 0. The molecule has 2 rings (SSSR count).